The van der Waals surface area contributed by atoms with E-state index in [1.54, 1.807) is 0 Å². The summed E-state index contributed by atoms with van der Waals surface area (Å²) in [5, 5.41) is 18.8. The van der Waals surface area contributed by atoms with Gasteiger partial charge < -0.3 is 14.9 Å². The highest BCUT2D eigenvalue weighted by molar-refractivity contribution is 5.46. The van der Waals surface area contributed by atoms with Crippen LogP contribution in [0.25, 0.3) is 0 Å². The van der Waals surface area contributed by atoms with E-state index in [1.165, 1.54) is 18.4 Å². The van der Waals surface area contributed by atoms with Crippen LogP contribution in [0.1, 0.15) is 37.7 Å². The van der Waals surface area contributed by atoms with E-state index < -0.39 is 0 Å². The number of anilines is 1. The van der Waals surface area contributed by atoms with Crippen LogP contribution in [0.15, 0.2) is 24.3 Å². The first kappa shape index (κ1) is 17.8. The SMILES string of the molecule is CN(Cc1ccc(N(C)CCC#N)cc1)CC1CCCCC1O. The van der Waals surface area contributed by atoms with Crippen molar-refractivity contribution in [1.29, 1.82) is 5.26 Å². The van der Waals surface area contributed by atoms with Crippen LogP contribution in [0, 0.1) is 17.2 Å². The van der Waals surface area contributed by atoms with E-state index in [1.807, 2.05) is 7.05 Å². The van der Waals surface area contributed by atoms with Gasteiger partial charge in [0.25, 0.3) is 0 Å². The molecule has 1 aliphatic rings. The van der Waals surface area contributed by atoms with Gasteiger partial charge >= 0.3 is 0 Å². The minimum absolute atomic E-state index is 0.123. The Bertz CT molecular complexity index is 508. The van der Waals surface area contributed by atoms with Crippen LogP contribution in [0.4, 0.5) is 5.69 Å². The molecule has 23 heavy (non-hydrogen) atoms. The van der Waals surface area contributed by atoms with E-state index in [0.717, 1.165) is 38.2 Å². The van der Waals surface area contributed by atoms with Crippen molar-refractivity contribution in [2.45, 2.75) is 44.8 Å². The maximum absolute atomic E-state index is 10.1. The number of nitrogens with zero attached hydrogens (tertiary/aromatic N) is 3. The Balaban J connectivity index is 1.84. The van der Waals surface area contributed by atoms with E-state index in [-0.39, 0.29) is 6.10 Å². The van der Waals surface area contributed by atoms with E-state index in [2.05, 4.69) is 47.2 Å². The fourth-order valence-corrected chi connectivity index (χ4v) is 3.38. The van der Waals surface area contributed by atoms with Crippen LogP contribution in [0.2, 0.25) is 0 Å². The van der Waals surface area contributed by atoms with Gasteiger partial charge in [0.05, 0.1) is 18.6 Å². The highest BCUT2D eigenvalue weighted by Crippen LogP contribution is 2.25. The number of rotatable bonds is 7. The van der Waals surface area contributed by atoms with E-state index in [0.29, 0.717) is 12.3 Å². The molecular formula is C19H29N3O. The first-order chi connectivity index (χ1) is 11.1. The predicted molar refractivity (Wildman–Crippen MR) is 94.2 cm³/mol. The zero-order valence-electron chi connectivity index (χ0n) is 14.4. The fraction of sp³-hybridized carbons (Fsp3) is 0.632. The molecule has 2 atom stereocenters. The van der Waals surface area contributed by atoms with Crippen molar-refractivity contribution in [2.24, 2.45) is 5.92 Å². The molecule has 126 valence electrons. The molecule has 1 aromatic rings. The minimum atomic E-state index is -0.123. The summed E-state index contributed by atoms with van der Waals surface area (Å²) in [6, 6.07) is 10.7. The van der Waals surface area contributed by atoms with Gasteiger partial charge in [-0.15, -0.1) is 0 Å². The van der Waals surface area contributed by atoms with Gasteiger partial charge in [-0.05, 0) is 43.5 Å². The Morgan fingerprint density at radius 1 is 1.17 bits per heavy atom. The van der Waals surface area contributed by atoms with Gasteiger partial charge in [0.1, 0.15) is 0 Å². The Kier molecular flexibility index (Phi) is 6.88. The summed E-state index contributed by atoms with van der Waals surface area (Å²) >= 11 is 0. The zero-order valence-corrected chi connectivity index (χ0v) is 14.4. The molecule has 0 spiro atoms. The number of aliphatic hydroxyl groups excluding tert-OH is 1. The van der Waals surface area contributed by atoms with Crippen molar-refractivity contribution in [3.05, 3.63) is 29.8 Å². The van der Waals surface area contributed by atoms with E-state index in [9.17, 15) is 5.11 Å². The number of nitriles is 1. The van der Waals surface area contributed by atoms with Crippen LogP contribution in [-0.4, -0.2) is 43.3 Å². The maximum atomic E-state index is 10.1. The number of aliphatic hydroxyl groups is 1. The van der Waals surface area contributed by atoms with Crippen molar-refractivity contribution in [2.75, 3.05) is 32.1 Å². The molecule has 0 amide bonds. The van der Waals surface area contributed by atoms with Gasteiger partial charge in [0.15, 0.2) is 0 Å². The Labute approximate surface area is 140 Å². The van der Waals surface area contributed by atoms with Gasteiger partial charge in [-0.3, -0.25) is 0 Å². The van der Waals surface area contributed by atoms with Crippen molar-refractivity contribution in [3.8, 4) is 6.07 Å². The summed E-state index contributed by atoms with van der Waals surface area (Å²) < 4.78 is 0. The zero-order chi connectivity index (χ0) is 16.7. The molecule has 2 unspecified atom stereocenters. The van der Waals surface area contributed by atoms with Gasteiger partial charge in [0, 0.05) is 32.4 Å². The molecule has 1 fully saturated rings. The average molecular weight is 315 g/mol. The molecule has 0 aromatic heterocycles. The monoisotopic (exact) mass is 315 g/mol. The summed E-state index contributed by atoms with van der Waals surface area (Å²) in [6.45, 7) is 2.63. The molecule has 0 bridgehead atoms. The molecule has 1 N–H and O–H groups in total. The molecule has 0 saturated heterocycles. The van der Waals surface area contributed by atoms with Crippen molar-refractivity contribution >= 4 is 5.69 Å². The summed E-state index contributed by atoms with van der Waals surface area (Å²) in [4.78, 5) is 4.42. The number of hydrogen-bond acceptors (Lipinski definition) is 4. The topological polar surface area (TPSA) is 50.5 Å². The van der Waals surface area contributed by atoms with Crippen LogP contribution in [0.5, 0.6) is 0 Å². The third-order valence-electron chi connectivity index (χ3n) is 4.80. The summed E-state index contributed by atoms with van der Waals surface area (Å²) in [7, 11) is 4.15. The third-order valence-corrected chi connectivity index (χ3v) is 4.80. The van der Waals surface area contributed by atoms with Gasteiger partial charge in [-0.2, -0.15) is 5.26 Å². The largest absolute Gasteiger partial charge is 0.393 e. The fourth-order valence-electron chi connectivity index (χ4n) is 3.38. The smallest absolute Gasteiger partial charge is 0.0640 e. The molecular weight excluding hydrogens is 286 g/mol. The maximum Gasteiger partial charge on any atom is 0.0640 e. The second-order valence-corrected chi connectivity index (χ2v) is 6.80. The van der Waals surface area contributed by atoms with Crippen molar-refractivity contribution in [1.82, 2.24) is 4.90 Å². The third kappa shape index (κ3) is 5.53. The molecule has 0 heterocycles. The second kappa shape index (κ2) is 8.90. The number of benzene rings is 1. The summed E-state index contributed by atoms with van der Waals surface area (Å²) in [5.41, 5.74) is 2.43. The van der Waals surface area contributed by atoms with Crippen LogP contribution in [0.3, 0.4) is 0 Å². The lowest BCUT2D eigenvalue weighted by Gasteiger charge is -2.31. The molecule has 4 heteroatoms. The lowest BCUT2D eigenvalue weighted by Crippen LogP contribution is -2.34. The Hall–Kier alpha value is -1.57. The molecule has 2 rings (SSSR count). The molecule has 0 radical (unpaired) electrons. The quantitative estimate of drug-likeness (QED) is 0.840. The first-order valence-electron chi connectivity index (χ1n) is 8.64. The average Bonchev–Trinajstić information content (AvgIpc) is 2.55. The molecule has 1 aliphatic carbocycles. The molecule has 1 saturated carbocycles. The van der Waals surface area contributed by atoms with Crippen LogP contribution >= 0.6 is 0 Å². The van der Waals surface area contributed by atoms with Gasteiger partial charge in [-0.25, -0.2) is 0 Å². The highest BCUT2D eigenvalue weighted by atomic mass is 16.3. The van der Waals surface area contributed by atoms with E-state index >= 15 is 0 Å². The standard InChI is InChI=1S/C19H29N3O/c1-21(15-17-6-3-4-7-19(17)23)14-16-8-10-18(11-9-16)22(2)13-5-12-20/h8-11,17,19,23H,3-7,13-15H2,1-2H3. The highest BCUT2D eigenvalue weighted by Gasteiger charge is 2.23. The molecule has 1 aromatic carbocycles. The first-order valence-corrected chi connectivity index (χ1v) is 8.64. The Morgan fingerprint density at radius 2 is 1.87 bits per heavy atom. The second-order valence-electron chi connectivity index (χ2n) is 6.80. The van der Waals surface area contributed by atoms with Crippen LogP contribution < -0.4 is 4.90 Å². The normalized spacial score (nSPS) is 21.2. The van der Waals surface area contributed by atoms with Gasteiger partial charge in [0.2, 0.25) is 0 Å². The van der Waals surface area contributed by atoms with Crippen LogP contribution in [-0.2, 0) is 6.54 Å². The van der Waals surface area contributed by atoms with E-state index in [4.69, 9.17) is 5.26 Å². The van der Waals surface area contributed by atoms with Gasteiger partial charge in [-0.1, -0.05) is 25.0 Å². The van der Waals surface area contributed by atoms with Crippen molar-refractivity contribution in [3.63, 3.8) is 0 Å². The summed E-state index contributed by atoms with van der Waals surface area (Å²) in [5.74, 6) is 0.421. The molecule has 4 nitrogen and oxygen atoms in total. The minimum Gasteiger partial charge on any atom is -0.393 e. The Morgan fingerprint density at radius 3 is 2.52 bits per heavy atom. The number of hydrogen-bond donors (Lipinski definition) is 1. The summed E-state index contributed by atoms with van der Waals surface area (Å²) in [6.07, 6.45) is 4.95. The molecule has 0 aliphatic heterocycles. The lowest BCUT2D eigenvalue weighted by molar-refractivity contribution is 0.0502. The predicted octanol–water partition coefficient (Wildman–Crippen LogP) is 3.02. The lowest BCUT2D eigenvalue weighted by atomic mass is 9.86. The van der Waals surface area contributed by atoms with Crippen molar-refractivity contribution < 1.29 is 5.11 Å².